The zero-order chi connectivity index (χ0) is 65.9. The highest BCUT2D eigenvalue weighted by molar-refractivity contribution is 7.89. The molecule has 5 fully saturated rings. The number of rotatable bonds is 30. The molecule has 0 aromatic rings. The SMILES string of the molecule is CO[C@H]1OC(COS(=O)(=O)O)[C@H](O[C@@H]2OC(C(=O)O)[C@@H](O[C@H]3OC(COS(=O)(=O)O)[C@@H](O[C@@H]4OC(C(=O)O)[C@@H](O[C@@H]5OC(COS(=O)(=O)O)[C@@H](O)[C@H](O)C5NS(=O)(=O)O)[C@H](O)C4O)[C@H](OSOOO)C3NS(=O)(=O)O)[C@@H](O)C2O)[C@H](O)C1NS(=O)(=O)O. The number of aliphatic carboxylic acids is 2. The van der Waals surface area contributed by atoms with E-state index in [1.54, 1.807) is 0 Å². The maximum absolute atomic E-state index is 12.9. The number of methoxy groups -OCH3 is 1. The van der Waals surface area contributed by atoms with Crippen molar-refractivity contribution in [2.45, 2.75) is 153 Å². The van der Waals surface area contributed by atoms with Gasteiger partial charge in [0.2, 0.25) is 0 Å². The van der Waals surface area contributed by atoms with E-state index in [9.17, 15) is 129 Å². The molecule has 0 amide bonds. The molecule has 56 heteroatoms. The van der Waals surface area contributed by atoms with Gasteiger partial charge in [-0.3, -0.25) is 31.5 Å². The molecule has 0 aromatic carbocycles. The molecule has 5 rings (SSSR count). The van der Waals surface area contributed by atoms with Crippen LogP contribution in [0.15, 0.2) is 0 Å². The Bertz CT molecular complexity index is 3020. The van der Waals surface area contributed by atoms with E-state index in [0.717, 1.165) is 7.11 Å². The molecule has 510 valence electrons. The predicted molar refractivity (Wildman–Crippen MR) is 252 cm³/mol. The van der Waals surface area contributed by atoms with Gasteiger partial charge in [-0.05, 0) is 0 Å². The van der Waals surface area contributed by atoms with E-state index in [2.05, 4.69) is 21.9 Å². The minimum atomic E-state index is -5.85. The monoisotopic (exact) mass is 1430 g/mol. The molecule has 19 N–H and O–H groups in total. The van der Waals surface area contributed by atoms with Crippen molar-refractivity contribution >= 4 is 86.4 Å². The lowest BCUT2D eigenvalue weighted by Gasteiger charge is -2.50. The van der Waals surface area contributed by atoms with E-state index in [0.29, 0.717) is 0 Å². The normalized spacial score (nSPS) is 39.5. The van der Waals surface area contributed by atoms with Crippen LogP contribution in [0.5, 0.6) is 0 Å². The summed E-state index contributed by atoms with van der Waals surface area (Å²) in [5.41, 5.74) is 0. The van der Waals surface area contributed by atoms with Gasteiger partial charge < -0.3 is 93.3 Å². The highest BCUT2D eigenvalue weighted by Gasteiger charge is 2.60. The zero-order valence-corrected chi connectivity index (χ0v) is 48.0. The van der Waals surface area contributed by atoms with Crippen molar-refractivity contribution in [3.05, 3.63) is 0 Å². The number of aliphatic hydroxyl groups excluding tert-OH is 7. The van der Waals surface area contributed by atoms with E-state index >= 15 is 0 Å². The third kappa shape index (κ3) is 21.4. The molecule has 25 atom stereocenters. The lowest BCUT2D eigenvalue weighted by atomic mass is 9.94. The number of aliphatic hydroxyl groups is 7. The first kappa shape index (κ1) is 75.4. The van der Waals surface area contributed by atoms with Crippen LogP contribution in [-0.4, -0.2) is 321 Å². The van der Waals surface area contributed by atoms with Crippen LogP contribution in [0.3, 0.4) is 0 Å². The molecule has 0 saturated carbocycles. The first-order valence-electron chi connectivity index (χ1n) is 22.9. The average molecular weight is 1430 g/mol. The molecule has 0 bridgehead atoms. The van der Waals surface area contributed by atoms with Crippen LogP contribution >= 0.6 is 12.3 Å². The van der Waals surface area contributed by atoms with Crippen molar-refractivity contribution in [1.82, 2.24) is 14.2 Å². The van der Waals surface area contributed by atoms with Crippen molar-refractivity contribution in [3.63, 3.8) is 0 Å². The Morgan fingerprint density at radius 1 is 0.425 bits per heavy atom. The van der Waals surface area contributed by atoms with Gasteiger partial charge in [-0.2, -0.15) is 64.7 Å². The molecule has 5 aliphatic heterocycles. The highest BCUT2D eigenvalue weighted by atomic mass is 32.3. The van der Waals surface area contributed by atoms with Gasteiger partial charge >= 0.3 is 74.0 Å². The Morgan fingerprint density at radius 2 is 0.782 bits per heavy atom. The van der Waals surface area contributed by atoms with E-state index in [1.807, 2.05) is 0 Å². The van der Waals surface area contributed by atoms with Gasteiger partial charge in [0.15, 0.2) is 56.0 Å². The highest BCUT2D eigenvalue weighted by Crippen LogP contribution is 2.38. The minimum absolute atomic E-state index is 0.604. The van der Waals surface area contributed by atoms with E-state index in [1.165, 1.54) is 14.2 Å². The summed E-state index contributed by atoms with van der Waals surface area (Å²) in [6, 6.07) is -7.44. The van der Waals surface area contributed by atoms with Crippen LogP contribution in [0.2, 0.25) is 0 Å². The Labute approximate surface area is 491 Å². The third-order valence-electron chi connectivity index (χ3n) is 12.2. The molecule has 5 saturated heterocycles. The Kier molecular flexibility index (Phi) is 26.1. The van der Waals surface area contributed by atoms with Gasteiger partial charge in [0.25, 0.3) is 0 Å². The fraction of sp³-hybridized carbons (Fsp3) is 0.935. The maximum atomic E-state index is 12.9. The summed E-state index contributed by atoms with van der Waals surface area (Å²) in [5, 5.41) is 111. The van der Waals surface area contributed by atoms with Crippen molar-refractivity contribution < 1.29 is 212 Å². The van der Waals surface area contributed by atoms with Crippen LogP contribution in [0.4, 0.5) is 0 Å². The fourth-order valence-electron chi connectivity index (χ4n) is 8.69. The summed E-state index contributed by atoms with van der Waals surface area (Å²) < 4.78 is 279. The number of hydrogen-bond donors (Lipinski definition) is 19. The van der Waals surface area contributed by atoms with E-state index < -0.39 is 260 Å². The summed E-state index contributed by atoms with van der Waals surface area (Å²) in [6.07, 6.45) is -57.8. The molecular weight excluding hydrogens is 1370 g/mol. The van der Waals surface area contributed by atoms with Gasteiger partial charge in [-0.15, -0.1) is 4.33 Å². The van der Waals surface area contributed by atoms with Crippen molar-refractivity contribution in [2.75, 3.05) is 26.9 Å². The summed E-state index contributed by atoms with van der Waals surface area (Å²) in [5.74, 6) is -4.57. The molecule has 5 aliphatic rings. The molecule has 5 heterocycles. The summed E-state index contributed by atoms with van der Waals surface area (Å²) >= 11 is -0.604. The molecule has 87 heavy (non-hydrogen) atoms. The first-order chi connectivity index (χ1) is 39.8. The third-order valence-corrected chi connectivity index (χ3v) is 15.6. The second-order valence-electron chi connectivity index (χ2n) is 18.0. The Hall–Kier alpha value is -2.33. The smallest absolute Gasteiger partial charge is 0.397 e. The molecule has 10 unspecified atom stereocenters. The lowest BCUT2D eigenvalue weighted by molar-refractivity contribution is -0.435. The first-order valence-corrected chi connectivity index (χ1v) is 32.0. The van der Waals surface area contributed by atoms with Crippen LogP contribution in [0.25, 0.3) is 0 Å². The number of carboxylic acid groups (broad SMARTS) is 2. The van der Waals surface area contributed by atoms with Crippen molar-refractivity contribution in [1.29, 1.82) is 0 Å². The molecule has 0 aliphatic carbocycles. The van der Waals surface area contributed by atoms with Gasteiger partial charge in [0.05, 0.1) is 19.8 Å². The summed E-state index contributed by atoms with van der Waals surface area (Å²) in [4.78, 5) is 25.7. The largest absolute Gasteiger partial charge is 0.479 e. The maximum Gasteiger partial charge on any atom is 0.397 e. The molecule has 49 nitrogen and oxygen atoms in total. The zero-order valence-electron chi connectivity index (χ0n) is 42.3. The number of nitrogens with one attached hydrogen (secondary N) is 3. The molecular formula is C31H53N3O46S7. The van der Waals surface area contributed by atoms with E-state index in [4.69, 9.17) is 61.4 Å². The number of hydrogen-bond acceptors (Lipinski definition) is 39. The quantitative estimate of drug-likeness (QED) is 0.0104. The van der Waals surface area contributed by atoms with Gasteiger partial charge in [-0.1, -0.05) is 5.04 Å². The van der Waals surface area contributed by atoms with Gasteiger partial charge in [0, 0.05) is 7.11 Å². The minimum Gasteiger partial charge on any atom is -0.479 e. The van der Waals surface area contributed by atoms with Gasteiger partial charge in [-0.25, -0.2) is 27.4 Å². The predicted octanol–water partition coefficient (Wildman–Crippen LogP) is -12.4. The van der Waals surface area contributed by atoms with Crippen LogP contribution in [0, 0.1) is 0 Å². The van der Waals surface area contributed by atoms with E-state index in [-0.39, 0.29) is 0 Å². The summed E-state index contributed by atoms with van der Waals surface area (Å²) in [6.45, 7) is -4.58. The average Bonchev–Trinajstić information content (AvgIpc) is 2.69. The number of carboxylic acids is 2. The van der Waals surface area contributed by atoms with Crippen molar-refractivity contribution in [2.24, 2.45) is 0 Å². The van der Waals surface area contributed by atoms with Gasteiger partial charge in [0.1, 0.15) is 110 Å². The number of ether oxygens (including phenoxy) is 10. The second-order valence-corrected chi connectivity index (χ2v) is 25.3. The number of carbonyl (C=O) groups is 2. The second kappa shape index (κ2) is 30.2. The van der Waals surface area contributed by atoms with Crippen LogP contribution < -0.4 is 14.2 Å². The Morgan fingerprint density at radius 3 is 1.18 bits per heavy atom. The topological polar surface area (TPSA) is 746 Å². The molecule has 0 spiro atoms. The lowest BCUT2D eigenvalue weighted by Crippen LogP contribution is -2.71. The van der Waals surface area contributed by atoms with Crippen LogP contribution in [0.1, 0.15) is 0 Å². The standard InChI is InChI=1S/C31H53N3O46S7/c1-65-27-9(33-83(50,51)52)13(37)18(6(70-27)3-67-86(59,60)61)72-30-16(40)14(38)22(24(76-30)26(44)45)75-29-10(34-84(53,54)55)20(78-81-80-79-46)19(7(71-29)4-68-87(62,63)64)73-31-17(41)15(39)21(23(77-31)25(42)43)74-28-8(32-82(47,48)49)12(36)11(35)5(69-28)2-66-85(56,57)58/h5-24,27-41,46H,2-4H2,1H3,(H,42,43)(H,44,45)(H,47,48,49)(H,50,51,52)(H,53,54,55)(H,56,57,58)(H,59,60,61)(H,62,63,64)/t5?,6?,7?,8?,9?,10?,11-,12-,13-,14+,15-,16?,17?,18+,19-,20-,21+,22+,23?,24?,27+,28+,29-,30-,31-/m1/s1. The molecule has 0 aromatic heterocycles. The summed E-state index contributed by atoms with van der Waals surface area (Å²) in [7, 11) is -32.4. The Balaban J connectivity index is 1.53. The van der Waals surface area contributed by atoms with Crippen molar-refractivity contribution in [3.8, 4) is 0 Å². The van der Waals surface area contributed by atoms with Crippen LogP contribution in [-0.2, 0) is 145 Å². The fourth-order valence-corrected chi connectivity index (χ4v) is 11.8. The molecule has 0 radical (unpaired) electrons.